The molecule has 0 unspecified atom stereocenters. The first-order valence-electron chi connectivity index (χ1n) is 5.72. The number of aromatic nitrogens is 1. The van der Waals surface area contributed by atoms with Crippen LogP contribution in [-0.2, 0) is 7.05 Å². The van der Waals surface area contributed by atoms with Crippen LogP contribution >= 0.6 is 0 Å². The molecule has 0 saturated carbocycles. The summed E-state index contributed by atoms with van der Waals surface area (Å²) in [5.41, 5.74) is 0.198. The second kappa shape index (κ2) is 4.71. The van der Waals surface area contributed by atoms with Crippen molar-refractivity contribution >= 4 is 5.91 Å². The first kappa shape index (κ1) is 11.9. The van der Waals surface area contributed by atoms with Gasteiger partial charge in [0.05, 0.1) is 12.6 Å². The number of carbonyl (C=O) groups is 1. The molecule has 1 saturated heterocycles. The molecule has 2 rings (SSSR count). The van der Waals surface area contributed by atoms with Crippen molar-refractivity contribution in [1.29, 1.82) is 0 Å². The van der Waals surface area contributed by atoms with E-state index in [1.54, 1.807) is 24.2 Å². The van der Waals surface area contributed by atoms with Crippen molar-refractivity contribution in [3.8, 4) is 0 Å². The van der Waals surface area contributed by atoms with E-state index in [0.29, 0.717) is 12.1 Å². The van der Waals surface area contributed by atoms with E-state index in [2.05, 4.69) is 0 Å². The summed E-state index contributed by atoms with van der Waals surface area (Å²) in [6.07, 6.45) is 3.31. The lowest BCUT2D eigenvalue weighted by Crippen LogP contribution is -2.38. The van der Waals surface area contributed by atoms with Crippen LogP contribution in [0.25, 0.3) is 0 Å². The number of hydrogen-bond donors (Lipinski definition) is 1. The molecule has 1 aliphatic rings. The number of amides is 1. The molecular weight excluding hydrogens is 220 g/mol. The van der Waals surface area contributed by atoms with E-state index in [4.69, 9.17) is 0 Å². The topological polar surface area (TPSA) is 62.5 Å². The van der Waals surface area contributed by atoms with E-state index in [0.717, 1.165) is 12.8 Å². The third kappa shape index (κ3) is 2.24. The molecule has 1 fully saturated rings. The number of aliphatic hydroxyl groups excluding tert-OH is 1. The van der Waals surface area contributed by atoms with Gasteiger partial charge in [0.15, 0.2) is 0 Å². The van der Waals surface area contributed by atoms with E-state index < -0.39 is 0 Å². The molecule has 0 radical (unpaired) electrons. The lowest BCUT2D eigenvalue weighted by molar-refractivity contribution is 0.0677. The van der Waals surface area contributed by atoms with Gasteiger partial charge in [-0.15, -0.1) is 0 Å². The molecule has 2 heterocycles. The van der Waals surface area contributed by atoms with Crippen LogP contribution in [0, 0.1) is 0 Å². The second-order valence-electron chi connectivity index (χ2n) is 4.34. The Kier molecular flexibility index (Phi) is 3.28. The van der Waals surface area contributed by atoms with E-state index in [1.165, 1.54) is 10.6 Å². The molecule has 1 aromatic rings. The maximum atomic E-state index is 12.1. The summed E-state index contributed by atoms with van der Waals surface area (Å²) in [5.74, 6) is -0.167. The van der Waals surface area contributed by atoms with Gasteiger partial charge >= 0.3 is 0 Å². The van der Waals surface area contributed by atoms with Gasteiger partial charge in [-0.1, -0.05) is 0 Å². The molecule has 0 bridgehead atoms. The van der Waals surface area contributed by atoms with E-state index in [-0.39, 0.29) is 24.1 Å². The summed E-state index contributed by atoms with van der Waals surface area (Å²) in [6.45, 7) is 0.635. The van der Waals surface area contributed by atoms with Crippen molar-refractivity contribution in [1.82, 2.24) is 9.47 Å². The molecule has 1 amide bonds. The number of likely N-dealkylation sites (tertiary alicyclic amines) is 1. The first-order chi connectivity index (χ1) is 8.13. The Morgan fingerprint density at radius 3 is 3.00 bits per heavy atom. The number of aliphatic hydroxyl groups is 1. The van der Waals surface area contributed by atoms with E-state index >= 15 is 0 Å². The van der Waals surface area contributed by atoms with Crippen LogP contribution in [0.2, 0.25) is 0 Å². The normalized spacial score (nSPS) is 19.6. The van der Waals surface area contributed by atoms with Crippen LogP contribution in [0.15, 0.2) is 23.1 Å². The molecule has 5 heteroatoms. The van der Waals surface area contributed by atoms with Crippen LogP contribution < -0.4 is 5.56 Å². The van der Waals surface area contributed by atoms with Gasteiger partial charge in [0.25, 0.3) is 11.5 Å². The Morgan fingerprint density at radius 2 is 2.35 bits per heavy atom. The minimum Gasteiger partial charge on any atom is -0.394 e. The van der Waals surface area contributed by atoms with Crippen LogP contribution in [0.5, 0.6) is 0 Å². The molecule has 5 nitrogen and oxygen atoms in total. The summed E-state index contributed by atoms with van der Waals surface area (Å²) in [7, 11) is 1.64. The highest BCUT2D eigenvalue weighted by Gasteiger charge is 2.28. The second-order valence-corrected chi connectivity index (χ2v) is 4.34. The summed E-state index contributed by atoms with van der Waals surface area (Å²) >= 11 is 0. The highest BCUT2D eigenvalue weighted by atomic mass is 16.3. The molecule has 1 N–H and O–H groups in total. The van der Waals surface area contributed by atoms with Crippen LogP contribution in [-0.4, -0.2) is 39.7 Å². The molecule has 0 spiro atoms. The molecule has 1 atom stereocenters. The maximum Gasteiger partial charge on any atom is 0.254 e. The molecular formula is C12H16N2O3. The van der Waals surface area contributed by atoms with Gasteiger partial charge in [-0.3, -0.25) is 9.59 Å². The maximum absolute atomic E-state index is 12.1. The average molecular weight is 236 g/mol. The highest BCUT2D eigenvalue weighted by Crippen LogP contribution is 2.19. The Balaban J connectivity index is 2.24. The third-order valence-corrected chi connectivity index (χ3v) is 3.20. The zero-order valence-corrected chi connectivity index (χ0v) is 9.80. The molecule has 17 heavy (non-hydrogen) atoms. The minimum absolute atomic E-state index is 0.0173. The van der Waals surface area contributed by atoms with Crippen LogP contribution in [0.4, 0.5) is 0 Å². The lowest BCUT2D eigenvalue weighted by Gasteiger charge is -2.22. The Labute approximate surface area is 99.3 Å². The molecule has 1 aliphatic heterocycles. The van der Waals surface area contributed by atoms with Crippen molar-refractivity contribution in [2.75, 3.05) is 13.2 Å². The minimum atomic E-state index is -0.199. The number of carbonyl (C=O) groups excluding carboxylic acids is 1. The Hall–Kier alpha value is -1.62. The van der Waals surface area contributed by atoms with Crippen molar-refractivity contribution in [2.24, 2.45) is 7.05 Å². The van der Waals surface area contributed by atoms with Gasteiger partial charge in [0.2, 0.25) is 0 Å². The number of pyridine rings is 1. The van der Waals surface area contributed by atoms with Crippen molar-refractivity contribution in [2.45, 2.75) is 18.9 Å². The molecule has 0 aromatic carbocycles. The number of rotatable bonds is 2. The first-order valence-corrected chi connectivity index (χ1v) is 5.72. The average Bonchev–Trinajstić information content (AvgIpc) is 2.80. The standard InChI is InChI=1S/C12H16N2O3/c1-13-6-4-9(7-11(13)16)12(17)14-5-2-3-10(14)8-15/h4,6-7,10,15H,2-3,5,8H2,1H3/t10-/m0/s1. The summed E-state index contributed by atoms with van der Waals surface area (Å²) in [6, 6.07) is 2.87. The SMILES string of the molecule is Cn1ccc(C(=O)N2CCC[C@H]2CO)cc1=O. The largest absolute Gasteiger partial charge is 0.394 e. The fraction of sp³-hybridized carbons (Fsp3) is 0.500. The zero-order valence-electron chi connectivity index (χ0n) is 9.80. The van der Waals surface area contributed by atoms with Gasteiger partial charge < -0.3 is 14.6 Å². The predicted molar refractivity (Wildman–Crippen MR) is 62.8 cm³/mol. The van der Waals surface area contributed by atoms with Gasteiger partial charge in [-0.25, -0.2) is 0 Å². The van der Waals surface area contributed by atoms with E-state index in [1.807, 2.05) is 0 Å². The van der Waals surface area contributed by atoms with Gasteiger partial charge in [-0.05, 0) is 18.9 Å². The number of nitrogens with zero attached hydrogens (tertiary/aromatic N) is 2. The van der Waals surface area contributed by atoms with Crippen molar-refractivity contribution < 1.29 is 9.90 Å². The lowest BCUT2D eigenvalue weighted by atomic mass is 10.2. The monoisotopic (exact) mass is 236 g/mol. The van der Waals surface area contributed by atoms with Crippen molar-refractivity contribution in [3.05, 3.63) is 34.2 Å². The van der Waals surface area contributed by atoms with Crippen LogP contribution in [0.3, 0.4) is 0 Å². The molecule has 92 valence electrons. The zero-order chi connectivity index (χ0) is 12.4. The van der Waals surface area contributed by atoms with Gasteiger partial charge in [-0.2, -0.15) is 0 Å². The van der Waals surface area contributed by atoms with Gasteiger partial charge in [0.1, 0.15) is 0 Å². The fourth-order valence-corrected chi connectivity index (χ4v) is 2.14. The summed E-state index contributed by atoms with van der Waals surface area (Å²) < 4.78 is 1.42. The van der Waals surface area contributed by atoms with E-state index in [9.17, 15) is 14.7 Å². The Bertz CT molecular complexity index is 481. The van der Waals surface area contributed by atoms with Crippen molar-refractivity contribution in [3.63, 3.8) is 0 Å². The Morgan fingerprint density at radius 1 is 1.59 bits per heavy atom. The fourth-order valence-electron chi connectivity index (χ4n) is 2.14. The van der Waals surface area contributed by atoms with Gasteiger partial charge in [0, 0.05) is 31.4 Å². The predicted octanol–water partition coefficient (Wildman–Crippen LogP) is -0.0178. The summed E-state index contributed by atoms with van der Waals surface area (Å²) in [5, 5.41) is 9.17. The number of aryl methyl sites for hydroxylation is 1. The summed E-state index contributed by atoms with van der Waals surface area (Å²) in [4.78, 5) is 25.2. The molecule has 0 aliphatic carbocycles. The quantitative estimate of drug-likeness (QED) is 0.785. The smallest absolute Gasteiger partial charge is 0.254 e. The third-order valence-electron chi connectivity index (χ3n) is 3.20. The highest BCUT2D eigenvalue weighted by molar-refractivity contribution is 5.94. The molecule has 1 aromatic heterocycles. The van der Waals surface area contributed by atoms with Crippen LogP contribution in [0.1, 0.15) is 23.2 Å². The number of hydrogen-bond acceptors (Lipinski definition) is 3.